The summed E-state index contributed by atoms with van der Waals surface area (Å²) in [5.41, 5.74) is 2.21. The lowest BCUT2D eigenvalue weighted by atomic mass is 9.65. The van der Waals surface area contributed by atoms with Crippen molar-refractivity contribution < 1.29 is 27.4 Å². The number of carbonyl (C=O) groups is 1. The van der Waals surface area contributed by atoms with Crippen molar-refractivity contribution in [1.82, 2.24) is 4.90 Å². The number of carbonyl (C=O) groups excluding carboxylic acids is 1. The Hall–Kier alpha value is -3.76. The van der Waals surface area contributed by atoms with Gasteiger partial charge in [-0.15, -0.1) is 0 Å². The Morgan fingerprint density at radius 3 is 2.34 bits per heavy atom. The highest BCUT2D eigenvalue weighted by atomic mass is 32.2. The molecule has 216 valence electrons. The molecule has 0 aromatic heterocycles. The van der Waals surface area contributed by atoms with Crippen LogP contribution in [0.25, 0.3) is 0 Å². The number of hydrogen-bond acceptors (Lipinski definition) is 7. The van der Waals surface area contributed by atoms with E-state index in [1.165, 1.54) is 13.2 Å². The summed E-state index contributed by atoms with van der Waals surface area (Å²) in [4.78, 5) is 18.2. The van der Waals surface area contributed by atoms with Crippen molar-refractivity contribution in [2.75, 3.05) is 50.6 Å². The quantitative estimate of drug-likeness (QED) is 0.381. The van der Waals surface area contributed by atoms with Gasteiger partial charge in [0.15, 0.2) is 0 Å². The van der Waals surface area contributed by atoms with E-state index in [9.17, 15) is 13.2 Å². The van der Waals surface area contributed by atoms with Crippen molar-refractivity contribution in [2.45, 2.75) is 36.1 Å². The number of hydrogen-bond donors (Lipinski definition) is 1. The van der Waals surface area contributed by atoms with Gasteiger partial charge in [-0.1, -0.05) is 30.7 Å². The van der Waals surface area contributed by atoms with Crippen LogP contribution in [0.4, 0.5) is 11.4 Å². The molecule has 3 aromatic rings. The number of methoxy groups -OCH3 is 2. The maximum absolute atomic E-state index is 14.1. The lowest BCUT2D eigenvalue weighted by Crippen LogP contribution is -2.46. The molecule has 10 heteroatoms. The lowest BCUT2D eigenvalue weighted by molar-refractivity contribution is -0.126. The highest BCUT2D eigenvalue weighted by Gasteiger charge is 2.55. The molecule has 2 fully saturated rings. The molecule has 1 aliphatic carbocycles. The Morgan fingerprint density at radius 2 is 1.71 bits per heavy atom. The van der Waals surface area contributed by atoms with Gasteiger partial charge in [-0.3, -0.25) is 9.52 Å². The number of ether oxygens (including phenoxy) is 3. The Labute approximate surface area is 241 Å². The molecular weight excluding hydrogens is 542 g/mol. The maximum Gasteiger partial charge on any atom is 0.265 e. The van der Waals surface area contributed by atoms with Gasteiger partial charge in [0.1, 0.15) is 22.1 Å². The lowest BCUT2D eigenvalue weighted by Gasteiger charge is -2.37. The van der Waals surface area contributed by atoms with Gasteiger partial charge in [-0.25, -0.2) is 8.42 Å². The molecule has 3 aliphatic rings. The number of nitrogens with one attached hydrogen (secondary N) is 1. The zero-order chi connectivity index (χ0) is 28.8. The normalized spacial score (nSPS) is 18.0. The summed E-state index contributed by atoms with van der Waals surface area (Å²) < 4.78 is 46.8. The molecule has 9 nitrogen and oxygen atoms in total. The number of benzene rings is 3. The predicted octanol–water partition coefficient (Wildman–Crippen LogP) is 4.41. The first-order valence-corrected chi connectivity index (χ1v) is 15.3. The molecule has 2 heterocycles. The average molecular weight is 578 g/mol. The van der Waals surface area contributed by atoms with Gasteiger partial charge in [0.05, 0.1) is 44.2 Å². The first-order valence-electron chi connectivity index (χ1n) is 13.8. The third-order valence-corrected chi connectivity index (χ3v) is 9.87. The van der Waals surface area contributed by atoms with Crippen LogP contribution >= 0.6 is 0 Å². The van der Waals surface area contributed by atoms with Gasteiger partial charge >= 0.3 is 0 Å². The third kappa shape index (κ3) is 4.89. The van der Waals surface area contributed by atoms with E-state index < -0.39 is 15.4 Å². The van der Waals surface area contributed by atoms with Crippen molar-refractivity contribution in [3.63, 3.8) is 0 Å². The van der Waals surface area contributed by atoms with Gasteiger partial charge in [0.25, 0.3) is 10.0 Å². The minimum Gasteiger partial charge on any atom is -0.497 e. The minimum absolute atomic E-state index is 0.0348. The molecule has 41 heavy (non-hydrogen) atoms. The molecular formula is C31H35N3O6S. The van der Waals surface area contributed by atoms with E-state index in [2.05, 4.69) is 16.7 Å². The summed E-state index contributed by atoms with van der Waals surface area (Å²) in [5.74, 6) is 1.92. The monoisotopic (exact) mass is 577 g/mol. The summed E-state index contributed by atoms with van der Waals surface area (Å²) >= 11 is 0. The topological polar surface area (TPSA) is 97.4 Å². The fourth-order valence-corrected chi connectivity index (χ4v) is 7.38. The second-order valence-corrected chi connectivity index (χ2v) is 12.9. The highest BCUT2D eigenvalue weighted by Crippen LogP contribution is 2.57. The van der Waals surface area contributed by atoms with Crippen LogP contribution in [-0.4, -0.2) is 60.2 Å². The number of amides is 1. The fraction of sp³-hybridized carbons (Fsp3) is 0.387. The molecule has 2 aliphatic heterocycles. The highest BCUT2D eigenvalue weighted by molar-refractivity contribution is 7.92. The maximum atomic E-state index is 14.1. The van der Waals surface area contributed by atoms with Crippen molar-refractivity contribution in [2.24, 2.45) is 5.92 Å². The van der Waals surface area contributed by atoms with E-state index in [1.807, 2.05) is 35.2 Å². The third-order valence-electron chi connectivity index (χ3n) is 8.45. The van der Waals surface area contributed by atoms with E-state index in [4.69, 9.17) is 14.2 Å². The smallest absolute Gasteiger partial charge is 0.265 e. The largest absolute Gasteiger partial charge is 0.497 e. The standard InChI is InChI=1S/C31H35N3O6S/c1-33-17-22(18-33)20-40-27-16-23(32-41(36,37)28-8-5-4-7-26(28)39-3)15-25-29(27)34(30(35)31(25)13-6-14-31)19-21-9-11-24(38-2)12-10-21/h4-5,7-12,15-16,22,32H,6,13-14,17-20H2,1-3H3. The zero-order valence-electron chi connectivity index (χ0n) is 23.6. The van der Waals surface area contributed by atoms with Crippen LogP contribution in [0.2, 0.25) is 0 Å². The summed E-state index contributed by atoms with van der Waals surface area (Å²) in [6.45, 7) is 2.73. The van der Waals surface area contributed by atoms with Gasteiger partial charge in [-0.2, -0.15) is 0 Å². The van der Waals surface area contributed by atoms with Crippen molar-refractivity contribution in [3.05, 3.63) is 71.8 Å². The summed E-state index contributed by atoms with van der Waals surface area (Å²) in [6.07, 6.45) is 2.37. The van der Waals surface area contributed by atoms with Crippen LogP contribution in [0, 0.1) is 5.92 Å². The van der Waals surface area contributed by atoms with Crippen LogP contribution in [0.5, 0.6) is 17.2 Å². The van der Waals surface area contributed by atoms with Gasteiger partial charge in [0.2, 0.25) is 5.91 Å². The molecule has 0 bridgehead atoms. The molecule has 1 spiro atoms. The zero-order valence-corrected chi connectivity index (χ0v) is 24.4. The Balaban J connectivity index is 1.40. The van der Waals surface area contributed by atoms with Gasteiger partial charge in [-0.05, 0) is 61.3 Å². The fourth-order valence-electron chi connectivity index (χ4n) is 6.17. The van der Waals surface area contributed by atoms with E-state index in [0.717, 1.165) is 42.1 Å². The second-order valence-electron chi connectivity index (χ2n) is 11.2. The first kappa shape index (κ1) is 27.4. The van der Waals surface area contributed by atoms with Gasteiger partial charge in [0, 0.05) is 25.1 Å². The number of sulfonamides is 1. The first-order chi connectivity index (χ1) is 19.7. The van der Waals surface area contributed by atoms with E-state index in [1.54, 1.807) is 31.4 Å². The number of nitrogens with zero attached hydrogens (tertiary/aromatic N) is 2. The van der Waals surface area contributed by atoms with Crippen LogP contribution in [0.15, 0.2) is 65.6 Å². The van der Waals surface area contributed by atoms with E-state index in [0.29, 0.717) is 43.3 Å². The number of likely N-dealkylation sites (tertiary alicyclic amines) is 1. The number of para-hydroxylation sites is 1. The molecule has 6 rings (SSSR count). The summed E-state index contributed by atoms with van der Waals surface area (Å²) in [7, 11) is 1.15. The van der Waals surface area contributed by atoms with Crippen molar-refractivity contribution in [3.8, 4) is 17.2 Å². The Bertz CT molecular complexity index is 1560. The van der Waals surface area contributed by atoms with Crippen LogP contribution in [-0.2, 0) is 26.8 Å². The van der Waals surface area contributed by atoms with Gasteiger partial charge < -0.3 is 24.0 Å². The predicted molar refractivity (Wildman–Crippen MR) is 156 cm³/mol. The van der Waals surface area contributed by atoms with Crippen LogP contribution in [0.1, 0.15) is 30.4 Å². The number of anilines is 2. The molecule has 1 amide bonds. The molecule has 0 radical (unpaired) electrons. The number of fused-ring (bicyclic) bond motifs is 2. The molecule has 1 saturated heterocycles. The molecule has 3 aromatic carbocycles. The van der Waals surface area contributed by atoms with Crippen molar-refractivity contribution in [1.29, 1.82) is 0 Å². The molecule has 0 atom stereocenters. The van der Waals surface area contributed by atoms with E-state index >= 15 is 0 Å². The van der Waals surface area contributed by atoms with Crippen molar-refractivity contribution >= 4 is 27.3 Å². The van der Waals surface area contributed by atoms with Crippen LogP contribution < -0.4 is 23.8 Å². The molecule has 1 saturated carbocycles. The Morgan fingerprint density at radius 1 is 0.976 bits per heavy atom. The number of rotatable bonds is 10. The molecule has 1 N–H and O–H groups in total. The average Bonchev–Trinajstić information content (AvgIpc) is 3.18. The summed E-state index contributed by atoms with van der Waals surface area (Å²) in [5, 5.41) is 0. The second kappa shape index (κ2) is 10.6. The SMILES string of the molecule is COc1ccc(CN2C(=O)C3(CCC3)c3cc(NS(=O)(=O)c4ccccc4OC)cc(OCC4CN(C)C4)c32)cc1. The summed E-state index contributed by atoms with van der Waals surface area (Å²) in [6, 6.07) is 17.7. The molecule has 0 unspecified atom stereocenters. The Kier molecular flexibility index (Phi) is 7.07. The van der Waals surface area contributed by atoms with Crippen LogP contribution in [0.3, 0.4) is 0 Å². The minimum atomic E-state index is -3.98. The van der Waals surface area contributed by atoms with E-state index in [-0.39, 0.29) is 16.6 Å².